The molecule has 1 atom stereocenters. The van der Waals surface area contributed by atoms with Crippen molar-refractivity contribution in [1.29, 1.82) is 0 Å². The maximum atomic E-state index is 12.8. The molecule has 1 N–H and O–H groups in total. The molecule has 178 valence electrons. The van der Waals surface area contributed by atoms with Crippen LogP contribution in [0.15, 0.2) is 65.4 Å². The smallest absolute Gasteiger partial charge is 0.255 e. The predicted molar refractivity (Wildman–Crippen MR) is 136 cm³/mol. The van der Waals surface area contributed by atoms with Crippen LogP contribution >= 0.6 is 27.5 Å². The fraction of sp³-hybridized carbons (Fsp3) is 0.308. The van der Waals surface area contributed by atoms with Crippen LogP contribution in [0.2, 0.25) is 5.02 Å². The van der Waals surface area contributed by atoms with Gasteiger partial charge in [0.1, 0.15) is 12.4 Å². The number of carbonyl (C=O) groups excluding carboxylic acids is 1. The second-order valence-corrected chi connectivity index (χ2v) is 9.75. The van der Waals surface area contributed by atoms with Crippen molar-refractivity contribution < 1.29 is 14.6 Å². The summed E-state index contributed by atoms with van der Waals surface area (Å²) in [7, 11) is 0. The van der Waals surface area contributed by atoms with E-state index in [0.717, 1.165) is 21.2 Å². The van der Waals surface area contributed by atoms with Gasteiger partial charge in [0.2, 0.25) is 0 Å². The van der Waals surface area contributed by atoms with Gasteiger partial charge >= 0.3 is 0 Å². The molecule has 1 amide bonds. The molecule has 0 aliphatic carbocycles. The molecule has 3 aromatic rings. The second kappa shape index (κ2) is 11.3. The van der Waals surface area contributed by atoms with Crippen LogP contribution < -0.4 is 4.74 Å². The number of aliphatic hydroxyl groups is 1. The molecule has 1 unspecified atom stereocenters. The lowest BCUT2D eigenvalue weighted by Crippen LogP contribution is -2.49. The van der Waals surface area contributed by atoms with Crippen molar-refractivity contribution in [2.45, 2.75) is 19.6 Å². The van der Waals surface area contributed by atoms with Crippen molar-refractivity contribution in [2.24, 2.45) is 0 Å². The molecule has 8 heteroatoms. The zero-order valence-electron chi connectivity index (χ0n) is 19.0. The third-order valence-corrected chi connectivity index (χ3v) is 6.74. The summed E-state index contributed by atoms with van der Waals surface area (Å²) in [6, 6.07) is 15.0. The number of carbonyl (C=O) groups is 1. The van der Waals surface area contributed by atoms with Crippen LogP contribution in [0, 0.1) is 6.92 Å². The standard InChI is InChI=1S/C26H27BrClN3O3/c1-18-8-9-29-15-23(18)26(33)31-12-10-30(11-13-31)16-24(32)22-14-20(27)4-7-25(22)34-17-19-2-5-21(28)6-3-19/h2-9,14-15,24,32H,10-13,16-17H2,1H3. The fourth-order valence-corrected chi connectivity index (χ4v) is 4.49. The Morgan fingerprint density at radius 1 is 1.15 bits per heavy atom. The van der Waals surface area contributed by atoms with Crippen LogP contribution in [0.25, 0.3) is 0 Å². The molecule has 1 aliphatic rings. The zero-order chi connectivity index (χ0) is 24.1. The molecule has 0 bridgehead atoms. The molecule has 1 aliphatic heterocycles. The molecule has 1 aromatic heterocycles. The number of rotatable bonds is 7. The van der Waals surface area contributed by atoms with Gasteiger partial charge in [-0.1, -0.05) is 39.7 Å². The number of nitrogens with zero attached hydrogens (tertiary/aromatic N) is 3. The summed E-state index contributed by atoms with van der Waals surface area (Å²) in [4.78, 5) is 21.0. The molecular weight excluding hydrogens is 518 g/mol. The monoisotopic (exact) mass is 543 g/mol. The summed E-state index contributed by atoms with van der Waals surface area (Å²) in [5, 5.41) is 11.7. The van der Waals surface area contributed by atoms with E-state index in [1.807, 2.05) is 60.4 Å². The highest BCUT2D eigenvalue weighted by Gasteiger charge is 2.25. The third-order valence-electron chi connectivity index (χ3n) is 6.00. The minimum absolute atomic E-state index is 0.00988. The molecule has 34 heavy (non-hydrogen) atoms. The fourth-order valence-electron chi connectivity index (χ4n) is 3.99. The number of ether oxygens (including phenoxy) is 1. The Balaban J connectivity index is 1.36. The lowest BCUT2D eigenvalue weighted by molar-refractivity contribution is 0.0521. The highest BCUT2D eigenvalue weighted by Crippen LogP contribution is 2.30. The lowest BCUT2D eigenvalue weighted by atomic mass is 10.1. The van der Waals surface area contributed by atoms with E-state index in [-0.39, 0.29) is 5.91 Å². The first-order valence-electron chi connectivity index (χ1n) is 11.2. The Morgan fingerprint density at radius 3 is 2.59 bits per heavy atom. The van der Waals surface area contributed by atoms with Crippen LogP contribution in [0.5, 0.6) is 5.75 Å². The van der Waals surface area contributed by atoms with Gasteiger partial charge in [-0.3, -0.25) is 14.7 Å². The number of pyridine rings is 1. The van der Waals surface area contributed by atoms with Crippen LogP contribution in [0.3, 0.4) is 0 Å². The van der Waals surface area contributed by atoms with E-state index in [9.17, 15) is 9.90 Å². The highest BCUT2D eigenvalue weighted by atomic mass is 79.9. The number of hydrogen-bond donors (Lipinski definition) is 1. The Kier molecular flexibility index (Phi) is 8.21. The number of halogens is 2. The Bertz CT molecular complexity index is 1130. The van der Waals surface area contributed by atoms with Crippen LogP contribution in [-0.2, 0) is 6.61 Å². The minimum atomic E-state index is -0.722. The Morgan fingerprint density at radius 2 is 1.88 bits per heavy atom. The minimum Gasteiger partial charge on any atom is -0.489 e. The second-order valence-electron chi connectivity index (χ2n) is 8.40. The van der Waals surface area contributed by atoms with Crippen molar-refractivity contribution in [3.8, 4) is 5.75 Å². The van der Waals surface area contributed by atoms with E-state index in [1.54, 1.807) is 12.4 Å². The number of aromatic nitrogens is 1. The van der Waals surface area contributed by atoms with Crippen molar-refractivity contribution in [3.05, 3.63) is 92.7 Å². The molecule has 0 spiro atoms. The van der Waals surface area contributed by atoms with Crippen molar-refractivity contribution in [1.82, 2.24) is 14.8 Å². The quantitative estimate of drug-likeness (QED) is 0.459. The maximum absolute atomic E-state index is 12.8. The molecule has 2 aromatic carbocycles. The maximum Gasteiger partial charge on any atom is 0.255 e. The summed E-state index contributed by atoms with van der Waals surface area (Å²) in [6.07, 6.45) is 2.61. The summed E-state index contributed by atoms with van der Waals surface area (Å²) < 4.78 is 6.91. The zero-order valence-corrected chi connectivity index (χ0v) is 21.3. The number of piperazine rings is 1. The van der Waals surface area contributed by atoms with Crippen molar-refractivity contribution >= 4 is 33.4 Å². The Labute approximate surface area is 213 Å². The lowest BCUT2D eigenvalue weighted by Gasteiger charge is -2.36. The number of amides is 1. The average molecular weight is 545 g/mol. The van der Waals surface area contributed by atoms with Crippen LogP contribution in [-0.4, -0.2) is 58.5 Å². The van der Waals surface area contributed by atoms with Gasteiger partial charge < -0.3 is 14.7 Å². The summed E-state index contributed by atoms with van der Waals surface area (Å²) in [5.74, 6) is 0.655. The molecule has 6 nitrogen and oxygen atoms in total. The van der Waals surface area contributed by atoms with Gasteiger partial charge in [0, 0.05) is 60.2 Å². The average Bonchev–Trinajstić information content (AvgIpc) is 2.84. The molecule has 4 rings (SSSR count). The number of β-amino-alcohol motifs (C(OH)–C–C–N with tert-alkyl or cyclic N) is 1. The highest BCUT2D eigenvalue weighted by molar-refractivity contribution is 9.10. The molecule has 2 heterocycles. The van der Waals surface area contributed by atoms with Crippen LogP contribution in [0.4, 0.5) is 0 Å². The Hall–Kier alpha value is -2.45. The molecule has 0 saturated carbocycles. The van der Waals surface area contributed by atoms with E-state index >= 15 is 0 Å². The number of hydrogen-bond acceptors (Lipinski definition) is 5. The van der Waals surface area contributed by atoms with Gasteiger partial charge in [-0.25, -0.2) is 0 Å². The van der Waals surface area contributed by atoms with E-state index in [4.69, 9.17) is 16.3 Å². The third kappa shape index (κ3) is 6.16. The van der Waals surface area contributed by atoms with E-state index in [1.165, 1.54) is 0 Å². The van der Waals surface area contributed by atoms with Gasteiger partial charge in [0.15, 0.2) is 0 Å². The molecule has 0 radical (unpaired) electrons. The van der Waals surface area contributed by atoms with Crippen LogP contribution in [0.1, 0.15) is 33.2 Å². The van der Waals surface area contributed by atoms with Gasteiger partial charge in [-0.2, -0.15) is 0 Å². The first-order valence-corrected chi connectivity index (χ1v) is 12.3. The summed E-state index contributed by atoms with van der Waals surface area (Å²) in [5.41, 5.74) is 3.30. The van der Waals surface area contributed by atoms with E-state index in [2.05, 4.69) is 25.8 Å². The first kappa shape index (κ1) is 24.7. The normalized spacial score (nSPS) is 15.2. The van der Waals surface area contributed by atoms with E-state index < -0.39 is 6.10 Å². The largest absolute Gasteiger partial charge is 0.489 e. The van der Waals surface area contributed by atoms with Gasteiger partial charge in [0.05, 0.1) is 11.7 Å². The number of benzene rings is 2. The van der Waals surface area contributed by atoms with E-state index in [0.29, 0.717) is 55.7 Å². The SMILES string of the molecule is Cc1ccncc1C(=O)N1CCN(CC(O)c2cc(Br)ccc2OCc2ccc(Cl)cc2)CC1. The van der Waals surface area contributed by atoms with Gasteiger partial charge in [0.25, 0.3) is 5.91 Å². The first-order chi connectivity index (χ1) is 16.4. The molecular formula is C26H27BrClN3O3. The summed E-state index contributed by atoms with van der Waals surface area (Å²) in [6.45, 7) is 5.37. The number of aryl methyl sites for hydroxylation is 1. The molecule has 1 saturated heterocycles. The van der Waals surface area contributed by atoms with Gasteiger partial charge in [-0.15, -0.1) is 0 Å². The van der Waals surface area contributed by atoms with Gasteiger partial charge in [-0.05, 0) is 54.4 Å². The predicted octanol–water partition coefficient (Wildman–Crippen LogP) is 4.88. The number of aliphatic hydroxyl groups excluding tert-OH is 1. The summed E-state index contributed by atoms with van der Waals surface area (Å²) >= 11 is 9.46. The van der Waals surface area contributed by atoms with Crippen molar-refractivity contribution in [3.63, 3.8) is 0 Å². The van der Waals surface area contributed by atoms with Crippen molar-refractivity contribution in [2.75, 3.05) is 32.7 Å². The molecule has 1 fully saturated rings. The topological polar surface area (TPSA) is 65.9 Å².